The van der Waals surface area contributed by atoms with Crippen LogP contribution in [-0.4, -0.2) is 42.5 Å². The Kier molecular flexibility index (Phi) is 6.11. The maximum atomic E-state index is 12.8. The summed E-state index contributed by atoms with van der Waals surface area (Å²) in [4.78, 5) is 6.11. The number of nitrogens with one attached hydrogen (secondary N) is 2. The molecular weight excluding hydrogens is 356 g/mol. The highest BCUT2D eigenvalue weighted by molar-refractivity contribution is 7.92. The maximum absolute atomic E-state index is 12.8. The molecule has 2 N–H and O–H groups in total. The van der Waals surface area contributed by atoms with Gasteiger partial charge in [-0.25, -0.2) is 8.42 Å². The highest BCUT2D eigenvalue weighted by Gasteiger charge is 2.24. The first-order valence-corrected chi connectivity index (χ1v) is 11.0. The number of sulfonamides is 1. The number of aromatic nitrogens is 1. The summed E-state index contributed by atoms with van der Waals surface area (Å²) in [6, 6.07) is 2.05. The lowest BCUT2D eigenvalue weighted by atomic mass is 9.95. The van der Waals surface area contributed by atoms with Gasteiger partial charge in [-0.1, -0.05) is 19.3 Å². The molecule has 3 rings (SSSR count). The van der Waals surface area contributed by atoms with Crippen molar-refractivity contribution >= 4 is 33.0 Å². The highest BCUT2D eigenvalue weighted by Crippen LogP contribution is 2.25. The van der Waals surface area contributed by atoms with Crippen molar-refractivity contribution in [1.82, 2.24) is 14.6 Å². The van der Waals surface area contributed by atoms with Crippen LogP contribution < -0.4 is 10.0 Å². The fourth-order valence-corrected chi connectivity index (χ4v) is 5.11. The van der Waals surface area contributed by atoms with Crippen LogP contribution in [0.4, 0.5) is 5.69 Å². The lowest BCUT2D eigenvalue weighted by Crippen LogP contribution is -2.45. The fourth-order valence-electron chi connectivity index (χ4n) is 3.51. The predicted molar refractivity (Wildman–Crippen MR) is 103 cm³/mol. The van der Waals surface area contributed by atoms with E-state index in [1.54, 1.807) is 12.3 Å². The Morgan fingerprint density at radius 2 is 1.80 bits per heavy atom. The summed E-state index contributed by atoms with van der Waals surface area (Å²) < 4.78 is 28.3. The van der Waals surface area contributed by atoms with E-state index < -0.39 is 10.0 Å². The van der Waals surface area contributed by atoms with Gasteiger partial charge in [0.2, 0.25) is 0 Å². The molecule has 1 aliphatic heterocycles. The Labute approximate surface area is 155 Å². The molecule has 2 aliphatic rings. The second-order valence-corrected chi connectivity index (χ2v) is 8.85. The molecule has 0 aromatic carbocycles. The van der Waals surface area contributed by atoms with Crippen molar-refractivity contribution in [3.05, 3.63) is 18.5 Å². The molecule has 0 amide bonds. The minimum absolute atomic E-state index is 0.167. The Morgan fingerprint density at radius 1 is 1.12 bits per heavy atom. The monoisotopic (exact) mass is 382 g/mol. The van der Waals surface area contributed by atoms with Gasteiger partial charge in [0.25, 0.3) is 10.0 Å². The number of thiocarbonyl (C=S) groups is 1. The van der Waals surface area contributed by atoms with E-state index in [-0.39, 0.29) is 10.0 Å². The molecule has 25 heavy (non-hydrogen) atoms. The zero-order chi connectivity index (χ0) is 17.7. The van der Waals surface area contributed by atoms with Gasteiger partial charge < -0.3 is 10.2 Å². The number of hydrogen-bond donors (Lipinski definition) is 2. The zero-order valence-corrected chi connectivity index (χ0v) is 16.0. The molecule has 1 saturated heterocycles. The minimum atomic E-state index is -3.75. The average molecular weight is 383 g/mol. The number of likely N-dealkylation sites (tertiary alicyclic amines) is 1. The van der Waals surface area contributed by atoms with Gasteiger partial charge in [0.15, 0.2) is 5.11 Å². The van der Waals surface area contributed by atoms with Crippen LogP contribution in [0.15, 0.2) is 23.4 Å². The van der Waals surface area contributed by atoms with E-state index in [9.17, 15) is 8.42 Å². The first-order valence-electron chi connectivity index (χ1n) is 9.08. The number of hydrogen-bond acceptors (Lipinski definition) is 5. The third-order valence-corrected chi connectivity index (χ3v) is 6.76. The van der Waals surface area contributed by atoms with E-state index in [1.807, 2.05) is 4.90 Å². The van der Waals surface area contributed by atoms with Crippen molar-refractivity contribution < 1.29 is 8.42 Å². The standard InChI is InChI=1S/C17H26N4O2S2/c22-25(23,20-17(24)21-11-5-2-6-12-21)16-13-18-10-9-15(16)19-14-7-3-1-4-8-14/h9-10,13-14H,1-8,11-12H2,(H,18,19)(H,20,24). The van der Waals surface area contributed by atoms with Crippen LogP contribution in [0.1, 0.15) is 51.4 Å². The molecule has 0 radical (unpaired) electrons. The van der Waals surface area contributed by atoms with Crippen LogP contribution in [0.3, 0.4) is 0 Å². The van der Waals surface area contributed by atoms with Gasteiger partial charge in [0, 0.05) is 31.5 Å². The zero-order valence-electron chi connectivity index (χ0n) is 14.4. The van der Waals surface area contributed by atoms with E-state index >= 15 is 0 Å². The van der Waals surface area contributed by atoms with E-state index in [0.717, 1.165) is 38.8 Å². The maximum Gasteiger partial charge on any atom is 0.267 e. The Balaban J connectivity index is 1.73. The van der Waals surface area contributed by atoms with Gasteiger partial charge in [-0.15, -0.1) is 0 Å². The van der Waals surface area contributed by atoms with E-state index in [1.165, 1.54) is 31.9 Å². The van der Waals surface area contributed by atoms with Crippen LogP contribution in [0.5, 0.6) is 0 Å². The van der Waals surface area contributed by atoms with Crippen molar-refractivity contribution in [3.63, 3.8) is 0 Å². The number of pyridine rings is 1. The molecular formula is C17H26N4O2S2. The summed E-state index contributed by atoms with van der Waals surface area (Å²) in [7, 11) is -3.75. The fraction of sp³-hybridized carbons (Fsp3) is 0.647. The van der Waals surface area contributed by atoms with Crippen LogP contribution in [0.25, 0.3) is 0 Å². The van der Waals surface area contributed by atoms with Crippen molar-refractivity contribution in [1.29, 1.82) is 0 Å². The molecule has 138 valence electrons. The molecule has 1 aromatic heterocycles. The molecule has 0 atom stereocenters. The van der Waals surface area contributed by atoms with E-state index in [0.29, 0.717) is 11.7 Å². The first kappa shape index (κ1) is 18.4. The topological polar surface area (TPSA) is 74.3 Å². The van der Waals surface area contributed by atoms with Gasteiger partial charge in [-0.05, 0) is 50.4 Å². The quantitative estimate of drug-likeness (QED) is 0.780. The third kappa shape index (κ3) is 4.82. The first-order chi connectivity index (χ1) is 12.1. The van der Waals surface area contributed by atoms with E-state index in [2.05, 4.69) is 15.0 Å². The summed E-state index contributed by atoms with van der Waals surface area (Å²) in [6.07, 6.45) is 12.0. The highest BCUT2D eigenvalue weighted by atomic mass is 32.2. The Hall–Kier alpha value is -1.41. The summed E-state index contributed by atoms with van der Waals surface area (Å²) in [5, 5.41) is 3.68. The molecule has 6 nitrogen and oxygen atoms in total. The molecule has 1 aliphatic carbocycles. The molecule has 2 fully saturated rings. The molecule has 0 unspecified atom stereocenters. The summed E-state index contributed by atoms with van der Waals surface area (Å²) in [5.74, 6) is 0. The number of rotatable bonds is 4. The molecule has 1 saturated carbocycles. The smallest absolute Gasteiger partial charge is 0.267 e. The van der Waals surface area contributed by atoms with Gasteiger partial charge in [-0.2, -0.15) is 0 Å². The van der Waals surface area contributed by atoms with Crippen molar-refractivity contribution in [2.24, 2.45) is 0 Å². The van der Waals surface area contributed by atoms with Crippen LogP contribution in [0.2, 0.25) is 0 Å². The SMILES string of the molecule is O=S(=O)(NC(=S)N1CCCCC1)c1cnccc1NC1CCCCC1. The van der Waals surface area contributed by atoms with Crippen LogP contribution >= 0.6 is 12.2 Å². The van der Waals surface area contributed by atoms with Crippen LogP contribution in [0, 0.1) is 0 Å². The average Bonchev–Trinajstić information content (AvgIpc) is 2.63. The van der Waals surface area contributed by atoms with Crippen LogP contribution in [-0.2, 0) is 10.0 Å². The summed E-state index contributed by atoms with van der Waals surface area (Å²) in [6.45, 7) is 1.61. The number of nitrogens with zero attached hydrogens (tertiary/aromatic N) is 2. The minimum Gasteiger partial charge on any atom is -0.381 e. The second-order valence-electron chi connectivity index (χ2n) is 6.81. The van der Waals surface area contributed by atoms with E-state index in [4.69, 9.17) is 12.2 Å². The lowest BCUT2D eigenvalue weighted by molar-refractivity contribution is 0.342. The predicted octanol–water partition coefficient (Wildman–Crippen LogP) is 2.88. The third-order valence-electron chi connectivity index (χ3n) is 4.90. The van der Waals surface area contributed by atoms with Crippen molar-refractivity contribution in [2.45, 2.75) is 62.3 Å². The summed E-state index contributed by atoms with van der Waals surface area (Å²) in [5.41, 5.74) is 0.607. The van der Waals surface area contributed by atoms with Gasteiger partial charge >= 0.3 is 0 Å². The number of anilines is 1. The molecule has 8 heteroatoms. The van der Waals surface area contributed by atoms with Gasteiger partial charge in [0.05, 0.1) is 5.69 Å². The van der Waals surface area contributed by atoms with Gasteiger partial charge in [-0.3, -0.25) is 9.71 Å². The molecule has 2 heterocycles. The number of piperidine rings is 1. The van der Waals surface area contributed by atoms with Gasteiger partial charge in [0.1, 0.15) is 4.90 Å². The lowest BCUT2D eigenvalue weighted by Gasteiger charge is -2.29. The molecule has 0 bridgehead atoms. The normalized spacial score (nSPS) is 19.4. The molecule has 1 aromatic rings. The molecule has 0 spiro atoms. The summed E-state index contributed by atoms with van der Waals surface area (Å²) >= 11 is 5.32. The Morgan fingerprint density at radius 3 is 2.52 bits per heavy atom. The van der Waals surface area contributed by atoms with Crippen molar-refractivity contribution in [3.8, 4) is 0 Å². The van der Waals surface area contributed by atoms with Crippen molar-refractivity contribution in [2.75, 3.05) is 18.4 Å². The Bertz CT molecular complexity index is 696. The second kappa shape index (κ2) is 8.31. The largest absolute Gasteiger partial charge is 0.381 e.